The van der Waals surface area contributed by atoms with Crippen molar-refractivity contribution in [2.45, 2.75) is 32.7 Å². The lowest BCUT2D eigenvalue weighted by molar-refractivity contribution is -0.134. The Morgan fingerprint density at radius 2 is 1.93 bits per heavy atom. The first-order valence-corrected chi connectivity index (χ1v) is 10.2. The van der Waals surface area contributed by atoms with Crippen molar-refractivity contribution in [1.29, 1.82) is 0 Å². The molecule has 4 rings (SSSR count). The summed E-state index contributed by atoms with van der Waals surface area (Å²) in [5.41, 5.74) is 4.62. The fraction of sp³-hybridized carbons (Fsp3) is 0.348. The number of fused-ring (bicyclic) bond motifs is 1. The highest BCUT2D eigenvalue weighted by atomic mass is 16.5. The molecule has 0 saturated carbocycles. The maximum atomic E-state index is 12.6. The van der Waals surface area contributed by atoms with Gasteiger partial charge in [0.2, 0.25) is 0 Å². The summed E-state index contributed by atoms with van der Waals surface area (Å²) < 4.78 is 5.67. The van der Waals surface area contributed by atoms with Crippen LogP contribution < -0.4 is 10.1 Å². The van der Waals surface area contributed by atoms with Crippen molar-refractivity contribution in [3.8, 4) is 5.75 Å². The van der Waals surface area contributed by atoms with Crippen LogP contribution in [-0.2, 0) is 4.79 Å². The lowest BCUT2D eigenvalue weighted by Crippen LogP contribution is -2.47. The fourth-order valence-corrected chi connectivity index (χ4v) is 3.66. The molecule has 2 N–H and O–H groups in total. The number of carbonyl (C=O) groups is 2. The second-order valence-corrected chi connectivity index (χ2v) is 7.80. The first-order chi connectivity index (χ1) is 14.5. The van der Waals surface area contributed by atoms with E-state index in [4.69, 9.17) is 4.74 Å². The smallest absolute Gasteiger partial charge is 0.260 e. The van der Waals surface area contributed by atoms with Gasteiger partial charge in [-0.1, -0.05) is 6.07 Å². The van der Waals surface area contributed by atoms with E-state index in [1.165, 1.54) is 5.56 Å². The predicted octanol–water partition coefficient (Wildman–Crippen LogP) is 2.98. The molecule has 0 bridgehead atoms. The minimum absolute atomic E-state index is 0.0253. The molecule has 30 heavy (non-hydrogen) atoms. The van der Waals surface area contributed by atoms with Crippen LogP contribution in [0.4, 0.5) is 0 Å². The summed E-state index contributed by atoms with van der Waals surface area (Å²) >= 11 is 0. The van der Waals surface area contributed by atoms with Crippen molar-refractivity contribution >= 4 is 22.8 Å². The topological polar surface area (TPSA) is 87.3 Å². The van der Waals surface area contributed by atoms with E-state index in [1.807, 2.05) is 38.1 Å². The molecule has 156 valence electrons. The Labute approximate surface area is 175 Å². The van der Waals surface area contributed by atoms with Crippen molar-refractivity contribution in [3.05, 3.63) is 59.4 Å². The Balaban J connectivity index is 1.25. The lowest BCUT2D eigenvalue weighted by atomic mass is 10.0. The second-order valence-electron chi connectivity index (χ2n) is 7.80. The zero-order chi connectivity index (χ0) is 21.1. The molecule has 0 aliphatic carbocycles. The first-order valence-electron chi connectivity index (χ1n) is 10.2. The predicted molar refractivity (Wildman–Crippen MR) is 115 cm³/mol. The average molecular weight is 406 g/mol. The van der Waals surface area contributed by atoms with Crippen molar-refractivity contribution < 1.29 is 14.3 Å². The van der Waals surface area contributed by atoms with Crippen LogP contribution in [0, 0.1) is 13.8 Å². The molecular formula is C23H26N4O3. The standard InChI is InChI=1S/C23H26N4O3/c1-15-3-5-19(11-16(15)2)30-13-22(28)27-9-7-18(8-10-27)26-23(29)17-4-6-20-21(12-17)25-14-24-20/h3-6,11-12,14,18H,7-10,13H2,1-2H3,(H,24,25)(H,26,29). The number of hydrogen-bond donors (Lipinski definition) is 2. The van der Waals surface area contributed by atoms with Gasteiger partial charge in [0.05, 0.1) is 17.4 Å². The normalized spacial score (nSPS) is 14.7. The zero-order valence-corrected chi connectivity index (χ0v) is 17.3. The molecule has 0 spiro atoms. The van der Waals surface area contributed by atoms with Gasteiger partial charge >= 0.3 is 0 Å². The van der Waals surface area contributed by atoms with Crippen molar-refractivity contribution in [1.82, 2.24) is 20.2 Å². The molecule has 0 unspecified atom stereocenters. The number of aromatic amines is 1. The molecule has 7 nitrogen and oxygen atoms in total. The van der Waals surface area contributed by atoms with E-state index in [0.29, 0.717) is 24.4 Å². The van der Waals surface area contributed by atoms with Crippen LogP contribution in [0.15, 0.2) is 42.7 Å². The number of amides is 2. The largest absolute Gasteiger partial charge is 0.484 e. The minimum atomic E-state index is -0.102. The number of aryl methyl sites for hydroxylation is 2. The van der Waals surface area contributed by atoms with Crippen molar-refractivity contribution in [2.75, 3.05) is 19.7 Å². The number of carbonyl (C=O) groups excluding carboxylic acids is 2. The van der Waals surface area contributed by atoms with Gasteiger partial charge in [-0.25, -0.2) is 4.98 Å². The number of piperidine rings is 1. The summed E-state index contributed by atoms with van der Waals surface area (Å²) in [5.74, 6) is 0.583. The third kappa shape index (κ3) is 4.45. The van der Waals surface area contributed by atoms with Crippen molar-refractivity contribution in [3.63, 3.8) is 0 Å². The van der Waals surface area contributed by atoms with E-state index in [1.54, 1.807) is 23.4 Å². The highest BCUT2D eigenvalue weighted by Gasteiger charge is 2.24. The Hall–Kier alpha value is -3.35. The summed E-state index contributed by atoms with van der Waals surface area (Å²) in [5, 5.41) is 3.08. The molecule has 0 radical (unpaired) electrons. The molecule has 1 aliphatic rings. The van der Waals surface area contributed by atoms with Crippen molar-refractivity contribution in [2.24, 2.45) is 0 Å². The molecule has 3 aromatic rings. The molecular weight excluding hydrogens is 380 g/mol. The quantitative estimate of drug-likeness (QED) is 0.682. The Morgan fingerprint density at radius 3 is 2.70 bits per heavy atom. The van der Waals surface area contributed by atoms with E-state index >= 15 is 0 Å². The fourth-order valence-electron chi connectivity index (χ4n) is 3.66. The van der Waals surface area contributed by atoms with Crippen LogP contribution in [0.25, 0.3) is 11.0 Å². The Bertz CT molecular complexity index is 1070. The van der Waals surface area contributed by atoms with Gasteiger partial charge in [-0.15, -0.1) is 0 Å². The van der Waals surface area contributed by atoms with Crippen LogP contribution in [0.3, 0.4) is 0 Å². The highest BCUT2D eigenvalue weighted by molar-refractivity contribution is 5.97. The molecule has 2 aromatic carbocycles. The van der Waals surface area contributed by atoms with E-state index in [0.717, 1.165) is 29.4 Å². The monoisotopic (exact) mass is 406 g/mol. The summed E-state index contributed by atoms with van der Waals surface area (Å²) in [6.07, 6.45) is 3.07. The van der Waals surface area contributed by atoms with Crippen LogP contribution in [0.2, 0.25) is 0 Å². The number of ether oxygens (including phenoxy) is 1. The van der Waals surface area contributed by atoms with Crippen LogP contribution in [0.5, 0.6) is 5.75 Å². The molecule has 1 aromatic heterocycles. The van der Waals surface area contributed by atoms with Gasteiger partial charge in [0.15, 0.2) is 6.61 Å². The number of H-pyrrole nitrogens is 1. The third-order valence-corrected chi connectivity index (χ3v) is 5.71. The molecule has 1 fully saturated rings. The van der Waals surface area contributed by atoms with Gasteiger partial charge < -0.3 is 19.9 Å². The van der Waals surface area contributed by atoms with Gasteiger partial charge in [-0.2, -0.15) is 0 Å². The summed E-state index contributed by atoms with van der Waals surface area (Å²) in [6.45, 7) is 5.32. The second kappa shape index (κ2) is 8.57. The van der Waals surface area contributed by atoms with E-state index in [-0.39, 0.29) is 24.5 Å². The van der Waals surface area contributed by atoms with Gasteiger partial charge in [0.1, 0.15) is 5.75 Å². The number of nitrogens with one attached hydrogen (secondary N) is 2. The summed E-state index contributed by atoms with van der Waals surface area (Å²) in [6, 6.07) is 11.3. The molecule has 1 saturated heterocycles. The van der Waals surface area contributed by atoms with Gasteiger partial charge in [0.25, 0.3) is 11.8 Å². The lowest BCUT2D eigenvalue weighted by Gasteiger charge is -2.32. The number of nitrogens with zero attached hydrogens (tertiary/aromatic N) is 2. The number of rotatable bonds is 5. The van der Waals surface area contributed by atoms with Crippen LogP contribution in [0.1, 0.15) is 34.3 Å². The zero-order valence-electron chi connectivity index (χ0n) is 17.3. The average Bonchev–Trinajstić information content (AvgIpc) is 3.23. The molecule has 1 aliphatic heterocycles. The minimum Gasteiger partial charge on any atom is -0.484 e. The van der Waals surface area contributed by atoms with E-state index < -0.39 is 0 Å². The molecule has 7 heteroatoms. The van der Waals surface area contributed by atoms with Gasteiger partial charge in [0, 0.05) is 24.7 Å². The summed E-state index contributed by atoms with van der Waals surface area (Å²) in [7, 11) is 0. The number of aromatic nitrogens is 2. The number of hydrogen-bond acceptors (Lipinski definition) is 4. The Kier molecular flexibility index (Phi) is 5.70. The maximum absolute atomic E-state index is 12.6. The van der Waals surface area contributed by atoms with Gasteiger partial charge in [-0.05, 0) is 68.1 Å². The first kappa shape index (κ1) is 19.9. The summed E-state index contributed by atoms with van der Waals surface area (Å²) in [4.78, 5) is 34.0. The van der Waals surface area contributed by atoms with E-state index in [2.05, 4.69) is 15.3 Å². The third-order valence-electron chi connectivity index (χ3n) is 5.71. The molecule has 2 amide bonds. The number of likely N-dealkylation sites (tertiary alicyclic amines) is 1. The molecule has 0 atom stereocenters. The number of benzene rings is 2. The van der Waals surface area contributed by atoms with Crippen LogP contribution in [-0.4, -0.2) is 52.4 Å². The Morgan fingerprint density at radius 1 is 1.13 bits per heavy atom. The SMILES string of the molecule is Cc1ccc(OCC(=O)N2CCC(NC(=O)c3ccc4nc[nH]c4c3)CC2)cc1C. The number of imidazole rings is 1. The molecule has 2 heterocycles. The van der Waals surface area contributed by atoms with Crippen LogP contribution >= 0.6 is 0 Å². The van der Waals surface area contributed by atoms with E-state index in [9.17, 15) is 9.59 Å². The highest BCUT2D eigenvalue weighted by Crippen LogP contribution is 2.18. The van der Waals surface area contributed by atoms with Gasteiger partial charge in [-0.3, -0.25) is 9.59 Å². The maximum Gasteiger partial charge on any atom is 0.260 e.